The van der Waals surface area contributed by atoms with Gasteiger partial charge in [-0.15, -0.1) is 0 Å². The van der Waals surface area contributed by atoms with E-state index in [9.17, 15) is 13.2 Å². The largest absolute Gasteiger partial charge is 0.354 e. The number of hydrogen-bond donors (Lipinski definition) is 3. The Morgan fingerprint density at radius 3 is 2.20 bits per heavy atom. The van der Waals surface area contributed by atoms with Crippen LogP contribution in [0.1, 0.15) is 20.8 Å². The standard InChI is InChI=1S/C8H19N3O3S/c1-8(2,3)6(9)7(12)11-4-5-15(10,13)14/h6H,4-5,9H2,1-3H3,(H,11,12)(H2,10,13,14). The number of primary sulfonamides is 1. The molecule has 0 saturated heterocycles. The van der Waals surface area contributed by atoms with Crippen molar-refractivity contribution in [1.82, 2.24) is 5.32 Å². The first-order valence-electron chi connectivity index (χ1n) is 4.58. The van der Waals surface area contributed by atoms with Gasteiger partial charge in [0.1, 0.15) is 0 Å². The second-order valence-electron chi connectivity index (χ2n) is 4.50. The average molecular weight is 237 g/mol. The number of nitrogens with two attached hydrogens (primary N) is 2. The lowest BCUT2D eigenvalue weighted by Crippen LogP contribution is -2.49. The van der Waals surface area contributed by atoms with Crippen molar-refractivity contribution in [2.75, 3.05) is 12.3 Å². The Balaban J connectivity index is 4.07. The lowest BCUT2D eigenvalue weighted by Gasteiger charge is -2.25. The molecule has 0 fully saturated rings. The minimum atomic E-state index is -3.54. The van der Waals surface area contributed by atoms with Crippen LogP contribution in [0.15, 0.2) is 0 Å². The van der Waals surface area contributed by atoms with Gasteiger partial charge in [0.2, 0.25) is 15.9 Å². The molecule has 0 aliphatic heterocycles. The molecule has 0 heterocycles. The number of rotatable bonds is 4. The van der Waals surface area contributed by atoms with E-state index in [2.05, 4.69) is 5.32 Å². The number of amides is 1. The minimum absolute atomic E-state index is 0.0125. The first-order valence-corrected chi connectivity index (χ1v) is 6.29. The fourth-order valence-electron chi connectivity index (χ4n) is 0.820. The van der Waals surface area contributed by atoms with Gasteiger partial charge in [0.15, 0.2) is 0 Å². The van der Waals surface area contributed by atoms with Gasteiger partial charge in [0.25, 0.3) is 0 Å². The zero-order valence-corrected chi connectivity index (χ0v) is 10.1. The maximum atomic E-state index is 11.4. The predicted molar refractivity (Wildman–Crippen MR) is 58.4 cm³/mol. The number of carbonyl (C=O) groups excluding carboxylic acids is 1. The molecule has 0 radical (unpaired) electrons. The molecule has 5 N–H and O–H groups in total. The molecule has 1 atom stereocenters. The number of carbonyl (C=O) groups is 1. The van der Waals surface area contributed by atoms with Crippen LogP contribution in [-0.2, 0) is 14.8 Å². The maximum Gasteiger partial charge on any atom is 0.237 e. The summed E-state index contributed by atoms with van der Waals surface area (Å²) in [7, 11) is -3.54. The predicted octanol–water partition coefficient (Wildman–Crippen LogP) is -1.24. The fraction of sp³-hybridized carbons (Fsp3) is 0.875. The Morgan fingerprint density at radius 1 is 1.40 bits per heavy atom. The van der Waals surface area contributed by atoms with Gasteiger partial charge in [0, 0.05) is 6.54 Å². The van der Waals surface area contributed by atoms with E-state index < -0.39 is 16.1 Å². The van der Waals surface area contributed by atoms with Crippen LogP contribution in [-0.4, -0.2) is 32.7 Å². The monoisotopic (exact) mass is 237 g/mol. The van der Waals surface area contributed by atoms with Gasteiger partial charge in [-0.25, -0.2) is 13.6 Å². The molecule has 0 rings (SSSR count). The summed E-state index contributed by atoms with van der Waals surface area (Å²) in [6.45, 7) is 5.48. The van der Waals surface area contributed by atoms with Gasteiger partial charge < -0.3 is 11.1 Å². The van der Waals surface area contributed by atoms with Gasteiger partial charge >= 0.3 is 0 Å². The van der Waals surface area contributed by atoms with Crippen molar-refractivity contribution in [3.8, 4) is 0 Å². The Labute approximate surface area is 90.4 Å². The molecule has 0 saturated carbocycles. The van der Waals surface area contributed by atoms with Crippen LogP contribution in [0.25, 0.3) is 0 Å². The van der Waals surface area contributed by atoms with E-state index >= 15 is 0 Å². The van der Waals surface area contributed by atoms with Gasteiger partial charge in [-0.1, -0.05) is 20.8 Å². The van der Waals surface area contributed by atoms with Crippen molar-refractivity contribution in [3.63, 3.8) is 0 Å². The van der Waals surface area contributed by atoms with E-state index in [1.165, 1.54) is 0 Å². The molecule has 6 nitrogen and oxygen atoms in total. The normalized spacial score (nSPS) is 14.7. The van der Waals surface area contributed by atoms with E-state index in [1.807, 2.05) is 20.8 Å². The summed E-state index contributed by atoms with van der Waals surface area (Å²) >= 11 is 0. The van der Waals surface area contributed by atoms with Crippen LogP contribution in [0.5, 0.6) is 0 Å². The number of nitrogens with one attached hydrogen (secondary N) is 1. The summed E-state index contributed by atoms with van der Waals surface area (Å²) in [5.74, 6) is -0.651. The van der Waals surface area contributed by atoms with E-state index in [1.54, 1.807) is 0 Å². The van der Waals surface area contributed by atoms with Crippen molar-refractivity contribution in [2.45, 2.75) is 26.8 Å². The van der Waals surface area contributed by atoms with E-state index in [0.717, 1.165) is 0 Å². The third-order valence-corrected chi connectivity index (χ3v) is 2.67. The highest BCUT2D eigenvalue weighted by molar-refractivity contribution is 7.89. The van der Waals surface area contributed by atoms with Gasteiger partial charge in [-0.3, -0.25) is 4.79 Å². The van der Waals surface area contributed by atoms with Gasteiger partial charge in [0.05, 0.1) is 11.8 Å². The van der Waals surface area contributed by atoms with Crippen molar-refractivity contribution >= 4 is 15.9 Å². The molecule has 0 bridgehead atoms. The quantitative estimate of drug-likeness (QED) is 0.567. The molecule has 0 spiro atoms. The Bertz CT molecular complexity index is 319. The van der Waals surface area contributed by atoms with Gasteiger partial charge in [-0.2, -0.15) is 0 Å². The molecular formula is C8H19N3O3S. The lowest BCUT2D eigenvalue weighted by molar-refractivity contribution is -0.124. The molecule has 0 aromatic heterocycles. The van der Waals surface area contributed by atoms with Crippen LogP contribution in [0.2, 0.25) is 0 Å². The van der Waals surface area contributed by atoms with Gasteiger partial charge in [-0.05, 0) is 5.41 Å². The first-order chi connectivity index (χ1) is 6.54. The van der Waals surface area contributed by atoms with Crippen molar-refractivity contribution in [2.24, 2.45) is 16.3 Å². The second kappa shape index (κ2) is 4.91. The van der Waals surface area contributed by atoms with Crippen molar-refractivity contribution in [3.05, 3.63) is 0 Å². The molecule has 0 aromatic carbocycles. The van der Waals surface area contributed by atoms with Crippen LogP contribution < -0.4 is 16.2 Å². The smallest absolute Gasteiger partial charge is 0.237 e. The van der Waals surface area contributed by atoms with Crippen molar-refractivity contribution in [1.29, 1.82) is 0 Å². The molecule has 1 unspecified atom stereocenters. The fourth-order valence-corrected chi connectivity index (χ4v) is 1.21. The summed E-state index contributed by atoms with van der Waals surface area (Å²) < 4.78 is 21.1. The third-order valence-electron chi connectivity index (χ3n) is 1.90. The topological polar surface area (TPSA) is 115 Å². The van der Waals surface area contributed by atoms with Crippen LogP contribution in [0, 0.1) is 5.41 Å². The molecular weight excluding hydrogens is 218 g/mol. The van der Waals surface area contributed by atoms with Crippen LogP contribution in [0.4, 0.5) is 0 Å². The zero-order valence-electron chi connectivity index (χ0n) is 9.28. The number of sulfonamides is 1. The highest BCUT2D eigenvalue weighted by Crippen LogP contribution is 2.16. The summed E-state index contributed by atoms with van der Waals surface area (Å²) in [6, 6.07) is -0.669. The second-order valence-corrected chi connectivity index (χ2v) is 6.24. The first kappa shape index (κ1) is 14.3. The molecule has 15 heavy (non-hydrogen) atoms. The molecule has 0 aliphatic rings. The summed E-state index contributed by atoms with van der Waals surface area (Å²) in [5, 5.41) is 7.20. The Kier molecular flexibility index (Phi) is 4.69. The van der Waals surface area contributed by atoms with Crippen LogP contribution in [0.3, 0.4) is 0 Å². The highest BCUT2D eigenvalue weighted by atomic mass is 32.2. The molecule has 0 aromatic rings. The summed E-state index contributed by atoms with van der Waals surface area (Å²) in [6.07, 6.45) is 0. The molecule has 0 aliphatic carbocycles. The highest BCUT2D eigenvalue weighted by Gasteiger charge is 2.27. The average Bonchev–Trinajstić information content (AvgIpc) is 1.98. The number of hydrogen-bond acceptors (Lipinski definition) is 4. The Hall–Kier alpha value is -0.660. The molecule has 90 valence electrons. The SMILES string of the molecule is CC(C)(C)C(N)C(=O)NCCS(N)(=O)=O. The summed E-state index contributed by atoms with van der Waals surface area (Å²) in [5.41, 5.74) is 5.30. The van der Waals surface area contributed by atoms with Crippen LogP contribution >= 0.6 is 0 Å². The third kappa shape index (κ3) is 6.43. The molecule has 7 heteroatoms. The Morgan fingerprint density at radius 2 is 1.87 bits per heavy atom. The lowest BCUT2D eigenvalue weighted by atomic mass is 9.87. The van der Waals surface area contributed by atoms with E-state index in [4.69, 9.17) is 10.9 Å². The van der Waals surface area contributed by atoms with E-state index in [0.29, 0.717) is 0 Å². The minimum Gasteiger partial charge on any atom is -0.354 e. The maximum absolute atomic E-state index is 11.4. The zero-order chi connectivity index (χ0) is 12.3. The van der Waals surface area contributed by atoms with Crippen molar-refractivity contribution < 1.29 is 13.2 Å². The molecule has 1 amide bonds. The summed E-state index contributed by atoms with van der Waals surface area (Å²) in [4.78, 5) is 11.4. The van der Waals surface area contributed by atoms with E-state index in [-0.39, 0.29) is 23.6 Å².